The van der Waals surface area contributed by atoms with Gasteiger partial charge in [-0.25, -0.2) is 8.78 Å². The van der Waals surface area contributed by atoms with E-state index in [0.717, 1.165) is 11.1 Å². The molecule has 25 heavy (non-hydrogen) atoms. The Morgan fingerprint density at radius 3 is 2.64 bits per heavy atom. The maximum absolute atomic E-state index is 12.3. The summed E-state index contributed by atoms with van der Waals surface area (Å²) in [6.07, 6.45) is -1.74. The third kappa shape index (κ3) is 6.58. The van der Waals surface area contributed by atoms with Gasteiger partial charge in [0, 0.05) is 23.9 Å². The number of aryl methyl sites for hydroxylation is 2. The van der Waals surface area contributed by atoms with Gasteiger partial charge in [-0.2, -0.15) is 0 Å². The first-order chi connectivity index (χ1) is 11.5. The number of halogens is 3. The Morgan fingerprint density at radius 2 is 1.96 bits per heavy atom. The fourth-order valence-corrected chi connectivity index (χ4v) is 2.22. The van der Waals surface area contributed by atoms with E-state index in [2.05, 4.69) is 5.32 Å². The second-order valence-corrected chi connectivity index (χ2v) is 5.43. The summed E-state index contributed by atoms with van der Waals surface area (Å²) in [6.45, 7) is 1.08. The van der Waals surface area contributed by atoms with Crippen LogP contribution in [0.5, 0.6) is 5.75 Å². The van der Waals surface area contributed by atoms with Gasteiger partial charge in [-0.3, -0.25) is 4.79 Å². The molecule has 136 valence electrons. The van der Waals surface area contributed by atoms with Gasteiger partial charge in [-0.1, -0.05) is 24.3 Å². The van der Waals surface area contributed by atoms with Gasteiger partial charge in [0.15, 0.2) is 0 Å². The fraction of sp³-hybridized carbons (Fsp3) is 0.278. The van der Waals surface area contributed by atoms with Crippen molar-refractivity contribution in [2.75, 3.05) is 17.7 Å². The number of hydrogen-bond donors (Lipinski definition) is 2. The molecular formula is C18H21ClF2N2O2. The summed E-state index contributed by atoms with van der Waals surface area (Å²) in [5, 5.41) is 2.74. The lowest BCUT2D eigenvalue weighted by Crippen LogP contribution is -2.13. The number of para-hydroxylation sites is 1. The summed E-state index contributed by atoms with van der Waals surface area (Å²) < 4.78 is 29.6. The zero-order valence-corrected chi connectivity index (χ0v) is 14.6. The van der Waals surface area contributed by atoms with Crippen molar-refractivity contribution in [3.63, 3.8) is 0 Å². The summed E-state index contributed by atoms with van der Waals surface area (Å²) in [5.41, 5.74) is 8.65. The van der Waals surface area contributed by atoms with Crippen LogP contribution in [0.25, 0.3) is 0 Å². The van der Waals surface area contributed by atoms with E-state index in [1.165, 1.54) is 0 Å². The number of carbonyl (C=O) groups excluding carboxylic acids is 1. The van der Waals surface area contributed by atoms with Gasteiger partial charge in [0.2, 0.25) is 5.91 Å². The number of benzene rings is 2. The number of rotatable bonds is 7. The first kappa shape index (κ1) is 20.7. The average molecular weight is 371 g/mol. The van der Waals surface area contributed by atoms with E-state index in [0.29, 0.717) is 23.5 Å². The summed E-state index contributed by atoms with van der Waals surface area (Å²) >= 11 is 0. The van der Waals surface area contributed by atoms with Crippen molar-refractivity contribution in [3.8, 4) is 5.75 Å². The van der Waals surface area contributed by atoms with Crippen molar-refractivity contribution in [2.45, 2.75) is 26.2 Å². The van der Waals surface area contributed by atoms with Crippen LogP contribution in [-0.4, -0.2) is 18.9 Å². The SMILES string of the molecule is Cc1ccc(NC(=O)CCc2ccccc2N)cc1OCC(F)F.Cl. The highest BCUT2D eigenvalue weighted by Crippen LogP contribution is 2.23. The summed E-state index contributed by atoms with van der Waals surface area (Å²) in [7, 11) is 0. The standard InChI is InChI=1S/C18H20F2N2O2.ClH/c1-12-6-8-14(10-16(12)24-11-17(19)20)22-18(23)9-7-13-4-2-3-5-15(13)21;/h2-6,8,10,17H,7,9,11,21H2,1H3,(H,22,23);1H. The molecule has 0 saturated carbocycles. The largest absolute Gasteiger partial charge is 0.487 e. The molecule has 0 fully saturated rings. The third-order valence-corrected chi connectivity index (χ3v) is 3.51. The van der Waals surface area contributed by atoms with E-state index in [-0.39, 0.29) is 24.7 Å². The minimum Gasteiger partial charge on any atom is -0.487 e. The van der Waals surface area contributed by atoms with Crippen LogP contribution in [0.3, 0.4) is 0 Å². The quantitative estimate of drug-likeness (QED) is 0.717. The van der Waals surface area contributed by atoms with Crippen molar-refractivity contribution in [3.05, 3.63) is 53.6 Å². The van der Waals surface area contributed by atoms with Crippen LogP contribution < -0.4 is 15.8 Å². The van der Waals surface area contributed by atoms with Crippen LogP contribution in [-0.2, 0) is 11.2 Å². The van der Waals surface area contributed by atoms with Crippen molar-refractivity contribution < 1.29 is 18.3 Å². The number of nitrogens with two attached hydrogens (primary N) is 1. The van der Waals surface area contributed by atoms with E-state index in [1.807, 2.05) is 18.2 Å². The van der Waals surface area contributed by atoms with E-state index in [9.17, 15) is 13.6 Å². The minimum absolute atomic E-state index is 0. The molecule has 7 heteroatoms. The number of carbonyl (C=O) groups is 1. The maximum Gasteiger partial charge on any atom is 0.272 e. The molecular weight excluding hydrogens is 350 g/mol. The maximum atomic E-state index is 12.3. The number of hydrogen-bond acceptors (Lipinski definition) is 3. The van der Waals surface area contributed by atoms with Gasteiger partial charge in [-0.15, -0.1) is 12.4 Å². The van der Waals surface area contributed by atoms with Crippen molar-refractivity contribution in [1.29, 1.82) is 0 Å². The first-order valence-electron chi connectivity index (χ1n) is 7.60. The Morgan fingerprint density at radius 1 is 1.24 bits per heavy atom. The Kier molecular flexibility index (Phi) is 8.15. The molecule has 0 heterocycles. The van der Waals surface area contributed by atoms with Gasteiger partial charge < -0.3 is 15.8 Å². The zero-order valence-electron chi connectivity index (χ0n) is 13.8. The Labute approximate surface area is 151 Å². The Balaban J connectivity index is 0.00000312. The number of nitrogens with one attached hydrogen (secondary N) is 1. The topological polar surface area (TPSA) is 64.4 Å². The summed E-state index contributed by atoms with van der Waals surface area (Å²) in [5.74, 6) is 0.155. The fourth-order valence-electron chi connectivity index (χ4n) is 2.22. The Bertz CT molecular complexity index is 711. The molecule has 3 N–H and O–H groups in total. The van der Waals surface area contributed by atoms with Crippen LogP contribution in [0, 0.1) is 6.92 Å². The second-order valence-electron chi connectivity index (χ2n) is 5.43. The number of ether oxygens (including phenoxy) is 1. The van der Waals surface area contributed by atoms with Crippen molar-refractivity contribution in [1.82, 2.24) is 0 Å². The molecule has 0 aliphatic carbocycles. The molecule has 0 spiro atoms. The van der Waals surface area contributed by atoms with Crippen LogP contribution in [0.1, 0.15) is 17.5 Å². The zero-order chi connectivity index (χ0) is 17.5. The minimum atomic E-state index is -2.54. The lowest BCUT2D eigenvalue weighted by atomic mass is 10.1. The molecule has 0 unspecified atom stereocenters. The second kappa shape index (κ2) is 9.84. The molecule has 4 nitrogen and oxygen atoms in total. The third-order valence-electron chi connectivity index (χ3n) is 3.51. The highest BCUT2D eigenvalue weighted by atomic mass is 35.5. The average Bonchev–Trinajstić information content (AvgIpc) is 2.54. The lowest BCUT2D eigenvalue weighted by Gasteiger charge is -2.12. The van der Waals surface area contributed by atoms with Gasteiger partial charge in [0.1, 0.15) is 12.4 Å². The highest BCUT2D eigenvalue weighted by molar-refractivity contribution is 5.91. The molecule has 0 saturated heterocycles. The highest BCUT2D eigenvalue weighted by Gasteiger charge is 2.09. The normalized spacial score (nSPS) is 10.2. The molecule has 0 aliphatic rings. The predicted octanol–water partition coefficient (Wildman–Crippen LogP) is 4.21. The van der Waals surface area contributed by atoms with E-state index >= 15 is 0 Å². The first-order valence-corrected chi connectivity index (χ1v) is 7.60. The monoisotopic (exact) mass is 370 g/mol. The Hall–Kier alpha value is -2.34. The van der Waals surface area contributed by atoms with Crippen molar-refractivity contribution in [2.24, 2.45) is 0 Å². The molecule has 1 amide bonds. The van der Waals surface area contributed by atoms with Crippen LogP contribution in [0.4, 0.5) is 20.2 Å². The van der Waals surface area contributed by atoms with E-state index < -0.39 is 13.0 Å². The number of anilines is 2. The van der Waals surface area contributed by atoms with Crippen LogP contribution in [0.15, 0.2) is 42.5 Å². The molecule has 0 aromatic heterocycles. The van der Waals surface area contributed by atoms with E-state index in [4.69, 9.17) is 10.5 Å². The molecule has 0 radical (unpaired) electrons. The molecule has 0 atom stereocenters. The molecule has 2 aromatic rings. The van der Waals surface area contributed by atoms with Crippen LogP contribution in [0.2, 0.25) is 0 Å². The van der Waals surface area contributed by atoms with Crippen molar-refractivity contribution >= 4 is 29.7 Å². The van der Waals surface area contributed by atoms with Crippen LogP contribution >= 0.6 is 12.4 Å². The number of amides is 1. The number of nitrogen functional groups attached to an aromatic ring is 1. The molecule has 2 rings (SSSR count). The lowest BCUT2D eigenvalue weighted by molar-refractivity contribution is -0.116. The van der Waals surface area contributed by atoms with Gasteiger partial charge in [0.25, 0.3) is 6.43 Å². The van der Waals surface area contributed by atoms with Gasteiger partial charge in [-0.05, 0) is 36.6 Å². The molecule has 2 aromatic carbocycles. The van der Waals surface area contributed by atoms with E-state index in [1.54, 1.807) is 31.2 Å². The summed E-state index contributed by atoms with van der Waals surface area (Å²) in [4.78, 5) is 12.0. The summed E-state index contributed by atoms with van der Waals surface area (Å²) in [6, 6.07) is 12.4. The van der Waals surface area contributed by atoms with Gasteiger partial charge >= 0.3 is 0 Å². The molecule has 0 aliphatic heterocycles. The van der Waals surface area contributed by atoms with Gasteiger partial charge in [0.05, 0.1) is 0 Å². The predicted molar refractivity (Wildman–Crippen MR) is 97.7 cm³/mol. The molecule has 0 bridgehead atoms. The smallest absolute Gasteiger partial charge is 0.272 e. The number of alkyl halides is 2.